The Kier molecular flexibility index (Phi) is 4.27. The highest BCUT2D eigenvalue weighted by Crippen LogP contribution is 2.41. The second-order valence-electron chi connectivity index (χ2n) is 6.42. The number of hydrogen-bond donors (Lipinski definition) is 2. The molecule has 0 bridgehead atoms. The van der Waals surface area contributed by atoms with Crippen LogP contribution in [0.3, 0.4) is 0 Å². The van der Waals surface area contributed by atoms with Gasteiger partial charge in [-0.1, -0.05) is 30.3 Å². The van der Waals surface area contributed by atoms with E-state index in [0.29, 0.717) is 12.5 Å². The molecule has 21 heavy (non-hydrogen) atoms. The highest BCUT2D eigenvalue weighted by Gasteiger charge is 2.40. The Morgan fingerprint density at radius 3 is 2.67 bits per heavy atom. The molecule has 114 valence electrons. The average Bonchev–Trinajstić information content (AvgIpc) is 2.91. The van der Waals surface area contributed by atoms with Gasteiger partial charge in [-0.2, -0.15) is 0 Å². The third kappa shape index (κ3) is 3.11. The molecular weight excluding hydrogens is 264 g/mol. The van der Waals surface area contributed by atoms with E-state index in [0.717, 1.165) is 32.4 Å². The van der Waals surface area contributed by atoms with Crippen molar-refractivity contribution in [3.63, 3.8) is 0 Å². The second-order valence-corrected chi connectivity index (χ2v) is 6.42. The lowest BCUT2D eigenvalue weighted by atomic mass is 9.72. The quantitative estimate of drug-likeness (QED) is 0.863. The molecular formula is C17H24N2O2. The number of aliphatic hydroxyl groups excluding tert-OH is 1. The highest BCUT2D eigenvalue weighted by molar-refractivity contribution is 5.79. The summed E-state index contributed by atoms with van der Waals surface area (Å²) in [6.45, 7) is 2.43. The molecule has 4 heteroatoms. The largest absolute Gasteiger partial charge is 0.396 e. The monoisotopic (exact) mass is 288 g/mol. The van der Waals surface area contributed by atoms with Gasteiger partial charge in [0, 0.05) is 13.2 Å². The first-order valence-electron chi connectivity index (χ1n) is 7.92. The average molecular weight is 288 g/mol. The topological polar surface area (TPSA) is 52.6 Å². The van der Waals surface area contributed by atoms with Crippen molar-refractivity contribution in [2.45, 2.75) is 31.2 Å². The molecule has 1 amide bonds. The number of amides is 1. The summed E-state index contributed by atoms with van der Waals surface area (Å²) in [4.78, 5) is 14.5. The molecule has 1 saturated heterocycles. The Hall–Kier alpha value is -1.39. The van der Waals surface area contributed by atoms with Crippen LogP contribution in [0.15, 0.2) is 30.3 Å². The van der Waals surface area contributed by atoms with Crippen LogP contribution >= 0.6 is 0 Å². The molecule has 1 aliphatic heterocycles. The summed E-state index contributed by atoms with van der Waals surface area (Å²) >= 11 is 0. The van der Waals surface area contributed by atoms with Crippen LogP contribution in [0.1, 0.15) is 31.2 Å². The molecule has 2 N–H and O–H groups in total. The van der Waals surface area contributed by atoms with Crippen molar-refractivity contribution in [1.82, 2.24) is 10.2 Å². The van der Waals surface area contributed by atoms with Gasteiger partial charge in [0.05, 0.1) is 12.1 Å². The van der Waals surface area contributed by atoms with E-state index in [4.69, 9.17) is 0 Å². The van der Waals surface area contributed by atoms with Crippen molar-refractivity contribution in [3.05, 3.63) is 35.9 Å². The Morgan fingerprint density at radius 1 is 1.33 bits per heavy atom. The molecule has 3 rings (SSSR count). The van der Waals surface area contributed by atoms with E-state index in [1.54, 1.807) is 0 Å². The minimum Gasteiger partial charge on any atom is -0.396 e. The summed E-state index contributed by atoms with van der Waals surface area (Å²) in [5.74, 6) is 0.446. The van der Waals surface area contributed by atoms with E-state index in [2.05, 4.69) is 22.3 Å². The Bertz CT molecular complexity index is 485. The summed E-state index contributed by atoms with van der Waals surface area (Å²) in [5, 5.41) is 12.4. The van der Waals surface area contributed by atoms with Crippen molar-refractivity contribution in [2.75, 3.05) is 26.2 Å². The maximum absolute atomic E-state index is 12.4. The lowest BCUT2D eigenvalue weighted by Gasteiger charge is -2.43. The van der Waals surface area contributed by atoms with Crippen LogP contribution in [-0.4, -0.2) is 42.2 Å². The van der Waals surface area contributed by atoms with E-state index in [9.17, 15) is 9.90 Å². The lowest BCUT2D eigenvalue weighted by molar-refractivity contribution is -0.125. The fourth-order valence-electron chi connectivity index (χ4n) is 3.49. The fraction of sp³-hybridized carbons (Fsp3) is 0.588. The second kappa shape index (κ2) is 6.16. The van der Waals surface area contributed by atoms with E-state index < -0.39 is 0 Å². The first-order valence-corrected chi connectivity index (χ1v) is 7.92. The minimum absolute atomic E-state index is 0.108. The summed E-state index contributed by atoms with van der Waals surface area (Å²) < 4.78 is 0. The summed E-state index contributed by atoms with van der Waals surface area (Å²) in [5.41, 5.74) is 1.08. The molecule has 2 fully saturated rings. The summed E-state index contributed by atoms with van der Waals surface area (Å²) in [7, 11) is 0. The molecule has 1 saturated carbocycles. The predicted molar refractivity (Wildman–Crippen MR) is 81.7 cm³/mol. The third-order valence-corrected chi connectivity index (χ3v) is 4.91. The van der Waals surface area contributed by atoms with E-state index in [1.807, 2.05) is 18.2 Å². The van der Waals surface area contributed by atoms with Gasteiger partial charge in [-0.15, -0.1) is 0 Å². The summed E-state index contributed by atoms with van der Waals surface area (Å²) in [6, 6.07) is 10.3. The number of aliphatic hydroxyl groups is 1. The van der Waals surface area contributed by atoms with Crippen molar-refractivity contribution >= 4 is 5.91 Å². The predicted octanol–water partition coefficient (Wildman–Crippen LogP) is 1.50. The molecule has 2 aliphatic rings. The van der Waals surface area contributed by atoms with Gasteiger partial charge in [-0.05, 0) is 43.7 Å². The van der Waals surface area contributed by atoms with Crippen molar-refractivity contribution in [2.24, 2.45) is 5.92 Å². The van der Waals surface area contributed by atoms with Gasteiger partial charge in [0.1, 0.15) is 0 Å². The Morgan fingerprint density at radius 2 is 2.10 bits per heavy atom. The van der Waals surface area contributed by atoms with E-state index in [1.165, 1.54) is 12.0 Å². The SMILES string of the molecule is O=C(CN1CCC(CO)C1)NC1(c2ccccc2)CCC1. The van der Waals surface area contributed by atoms with Crippen LogP contribution in [0.5, 0.6) is 0 Å². The molecule has 0 aromatic heterocycles. The van der Waals surface area contributed by atoms with Gasteiger partial charge in [0.25, 0.3) is 0 Å². The first kappa shape index (κ1) is 14.5. The Balaban J connectivity index is 1.59. The van der Waals surface area contributed by atoms with Crippen LogP contribution in [0, 0.1) is 5.92 Å². The van der Waals surface area contributed by atoms with Gasteiger partial charge < -0.3 is 10.4 Å². The normalized spacial score (nSPS) is 24.5. The third-order valence-electron chi connectivity index (χ3n) is 4.91. The van der Waals surface area contributed by atoms with Gasteiger partial charge >= 0.3 is 0 Å². The van der Waals surface area contributed by atoms with Gasteiger partial charge in [-0.3, -0.25) is 9.69 Å². The van der Waals surface area contributed by atoms with Crippen LogP contribution in [0.25, 0.3) is 0 Å². The number of benzene rings is 1. The van der Waals surface area contributed by atoms with Gasteiger partial charge in [0.2, 0.25) is 5.91 Å². The molecule has 1 aromatic carbocycles. The van der Waals surface area contributed by atoms with Crippen molar-refractivity contribution in [3.8, 4) is 0 Å². The first-order chi connectivity index (χ1) is 10.2. The number of carbonyl (C=O) groups is 1. The zero-order valence-corrected chi connectivity index (χ0v) is 12.4. The van der Waals surface area contributed by atoms with Crippen molar-refractivity contribution in [1.29, 1.82) is 0 Å². The van der Waals surface area contributed by atoms with E-state index in [-0.39, 0.29) is 18.1 Å². The molecule has 1 unspecified atom stereocenters. The molecule has 1 aliphatic carbocycles. The Labute approximate surface area is 126 Å². The number of hydrogen-bond acceptors (Lipinski definition) is 3. The fourth-order valence-corrected chi connectivity index (χ4v) is 3.49. The van der Waals surface area contributed by atoms with Gasteiger partial charge in [0.15, 0.2) is 0 Å². The maximum Gasteiger partial charge on any atom is 0.234 e. The maximum atomic E-state index is 12.4. The number of rotatable bonds is 5. The van der Waals surface area contributed by atoms with Crippen molar-refractivity contribution < 1.29 is 9.90 Å². The summed E-state index contributed by atoms with van der Waals surface area (Å²) in [6.07, 6.45) is 4.23. The molecule has 0 radical (unpaired) electrons. The molecule has 4 nitrogen and oxygen atoms in total. The van der Waals surface area contributed by atoms with Crippen LogP contribution in [0.2, 0.25) is 0 Å². The zero-order valence-electron chi connectivity index (χ0n) is 12.4. The molecule has 1 atom stereocenters. The standard InChI is InChI=1S/C17H24N2O2/c20-13-14-7-10-19(11-14)12-16(21)18-17(8-4-9-17)15-5-2-1-3-6-15/h1-3,5-6,14,20H,4,7-13H2,(H,18,21). The van der Waals surface area contributed by atoms with Crippen LogP contribution in [0.4, 0.5) is 0 Å². The highest BCUT2D eigenvalue weighted by atomic mass is 16.3. The lowest BCUT2D eigenvalue weighted by Crippen LogP contribution is -2.53. The molecule has 1 aromatic rings. The molecule has 0 spiro atoms. The number of nitrogens with one attached hydrogen (secondary N) is 1. The van der Waals surface area contributed by atoms with Crippen LogP contribution in [-0.2, 0) is 10.3 Å². The molecule has 1 heterocycles. The minimum atomic E-state index is -0.144. The zero-order chi connectivity index (χ0) is 14.7. The van der Waals surface area contributed by atoms with Gasteiger partial charge in [-0.25, -0.2) is 0 Å². The smallest absolute Gasteiger partial charge is 0.234 e. The number of nitrogens with zero attached hydrogens (tertiary/aromatic N) is 1. The number of carbonyl (C=O) groups excluding carboxylic acids is 1. The number of likely N-dealkylation sites (tertiary alicyclic amines) is 1. The van der Waals surface area contributed by atoms with Crippen LogP contribution < -0.4 is 5.32 Å². The van der Waals surface area contributed by atoms with E-state index >= 15 is 0 Å².